The summed E-state index contributed by atoms with van der Waals surface area (Å²) in [5, 5.41) is 15.4. The maximum Gasteiger partial charge on any atom is 0.264 e. The highest BCUT2D eigenvalue weighted by atomic mass is 32.2. The Balaban J connectivity index is 1.30. The van der Waals surface area contributed by atoms with Crippen LogP contribution >= 0.6 is 11.8 Å². The number of ether oxygens (including phenoxy) is 1. The van der Waals surface area contributed by atoms with Crippen LogP contribution in [0.4, 0.5) is 11.6 Å². The third-order valence-corrected chi connectivity index (χ3v) is 5.80. The Bertz CT molecular complexity index is 1290. The van der Waals surface area contributed by atoms with Crippen LogP contribution in [-0.4, -0.2) is 32.7 Å². The van der Waals surface area contributed by atoms with Gasteiger partial charge in [0.05, 0.1) is 12.0 Å². The van der Waals surface area contributed by atoms with Gasteiger partial charge in [-0.3, -0.25) is 4.79 Å². The van der Waals surface area contributed by atoms with E-state index in [0.29, 0.717) is 17.5 Å². The van der Waals surface area contributed by atoms with Gasteiger partial charge in [0.2, 0.25) is 11.1 Å². The lowest BCUT2D eigenvalue weighted by atomic mass is 10.2. The molecule has 0 saturated heterocycles. The van der Waals surface area contributed by atoms with E-state index in [1.54, 1.807) is 6.21 Å². The molecule has 178 valence electrons. The topological polar surface area (TPSA) is 119 Å². The Labute approximate surface area is 207 Å². The minimum atomic E-state index is -0.165. The molecule has 4 aromatic rings. The number of para-hydroxylation sites is 1. The molecule has 3 aromatic carbocycles. The van der Waals surface area contributed by atoms with E-state index in [1.165, 1.54) is 16.4 Å². The molecule has 0 aliphatic heterocycles. The molecule has 0 atom stereocenters. The van der Waals surface area contributed by atoms with Crippen LogP contribution in [0.3, 0.4) is 0 Å². The lowest BCUT2D eigenvalue weighted by molar-refractivity contribution is -0.113. The third kappa shape index (κ3) is 6.84. The molecule has 35 heavy (non-hydrogen) atoms. The van der Waals surface area contributed by atoms with Crippen LogP contribution < -0.4 is 21.3 Å². The maximum atomic E-state index is 12.2. The third-order valence-electron chi connectivity index (χ3n) is 4.86. The van der Waals surface area contributed by atoms with Crippen molar-refractivity contribution in [2.75, 3.05) is 22.3 Å². The number of aryl methyl sites for hydroxylation is 1. The van der Waals surface area contributed by atoms with E-state index < -0.39 is 0 Å². The summed E-state index contributed by atoms with van der Waals surface area (Å²) in [7, 11) is 0. The smallest absolute Gasteiger partial charge is 0.264 e. The van der Waals surface area contributed by atoms with Crippen molar-refractivity contribution in [1.29, 1.82) is 0 Å². The van der Waals surface area contributed by atoms with E-state index in [1.807, 2.05) is 85.8 Å². The highest BCUT2D eigenvalue weighted by Gasteiger charge is 2.12. The summed E-state index contributed by atoms with van der Waals surface area (Å²) in [6.07, 6.45) is 1.62. The Morgan fingerprint density at radius 1 is 1.06 bits per heavy atom. The Hall–Kier alpha value is -4.31. The van der Waals surface area contributed by atoms with Gasteiger partial charge >= 0.3 is 0 Å². The first-order valence-electron chi connectivity index (χ1n) is 10.8. The van der Waals surface area contributed by atoms with Crippen molar-refractivity contribution in [3.63, 3.8) is 0 Å². The van der Waals surface area contributed by atoms with Crippen molar-refractivity contribution in [2.24, 2.45) is 5.10 Å². The SMILES string of the molecule is Cc1ccc(NC(=O)CSc2nnc(N/N=C/c3ccccc3OCc3ccccc3)n2N)cc1. The summed E-state index contributed by atoms with van der Waals surface area (Å²) < 4.78 is 7.19. The second kappa shape index (κ2) is 11.7. The second-order valence-electron chi connectivity index (χ2n) is 7.56. The van der Waals surface area contributed by atoms with E-state index in [4.69, 9.17) is 10.6 Å². The van der Waals surface area contributed by atoms with E-state index in [-0.39, 0.29) is 17.6 Å². The fourth-order valence-corrected chi connectivity index (χ4v) is 3.69. The number of carbonyl (C=O) groups excluding carboxylic acids is 1. The normalized spacial score (nSPS) is 10.9. The zero-order chi connectivity index (χ0) is 24.5. The van der Waals surface area contributed by atoms with Crippen molar-refractivity contribution >= 4 is 35.5 Å². The number of benzene rings is 3. The monoisotopic (exact) mass is 487 g/mol. The van der Waals surface area contributed by atoms with Gasteiger partial charge < -0.3 is 15.9 Å². The van der Waals surface area contributed by atoms with Gasteiger partial charge in [0.15, 0.2) is 0 Å². The predicted octanol–water partition coefficient (Wildman–Crippen LogP) is 4.06. The van der Waals surface area contributed by atoms with Crippen molar-refractivity contribution < 1.29 is 9.53 Å². The fraction of sp³-hybridized carbons (Fsp3) is 0.120. The molecule has 0 unspecified atom stereocenters. The Morgan fingerprint density at radius 3 is 2.60 bits per heavy atom. The average molecular weight is 488 g/mol. The molecule has 0 bridgehead atoms. The number of hydrogen-bond donors (Lipinski definition) is 3. The zero-order valence-corrected chi connectivity index (χ0v) is 19.9. The number of carbonyl (C=O) groups is 1. The van der Waals surface area contributed by atoms with Gasteiger partial charge in [0, 0.05) is 11.3 Å². The van der Waals surface area contributed by atoms with Crippen molar-refractivity contribution in [3.8, 4) is 5.75 Å². The van der Waals surface area contributed by atoms with Crippen molar-refractivity contribution in [3.05, 3.63) is 95.6 Å². The Morgan fingerprint density at radius 2 is 1.80 bits per heavy atom. The minimum Gasteiger partial charge on any atom is -0.488 e. The van der Waals surface area contributed by atoms with E-state index >= 15 is 0 Å². The molecule has 10 heteroatoms. The Kier molecular flexibility index (Phi) is 7.97. The number of thioether (sulfide) groups is 1. The van der Waals surface area contributed by atoms with Crippen LogP contribution in [0.1, 0.15) is 16.7 Å². The zero-order valence-electron chi connectivity index (χ0n) is 19.1. The van der Waals surface area contributed by atoms with Gasteiger partial charge in [-0.15, -0.1) is 10.2 Å². The van der Waals surface area contributed by atoms with Gasteiger partial charge in [-0.05, 0) is 36.8 Å². The molecule has 9 nitrogen and oxygen atoms in total. The molecule has 4 N–H and O–H groups in total. The fourth-order valence-electron chi connectivity index (χ4n) is 3.03. The van der Waals surface area contributed by atoms with Crippen LogP contribution in [0.2, 0.25) is 0 Å². The van der Waals surface area contributed by atoms with Crippen LogP contribution in [0, 0.1) is 6.92 Å². The van der Waals surface area contributed by atoms with Crippen LogP contribution in [-0.2, 0) is 11.4 Å². The summed E-state index contributed by atoms with van der Waals surface area (Å²) in [6.45, 7) is 2.44. The quantitative estimate of drug-likeness (QED) is 0.134. The predicted molar refractivity (Wildman–Crippen MR) is 139 cm³/mol. The number of nitrogens with one attached hydrogen (secondary N) is 2. The first-order valence-corrected chi connectivity index (χ1v) is 11.8. The number of aromatic nitrogens is 3. The number of nitrogens with zero attached hydrogens (tertiary/aromatic N) is 4. The highest BCUT2D eigenvalue weighted by molar-refractivity contribution is 7.99. The summed E-state index contributed by atoms with van der Waals surface area (Å²) in [6, 6.07) is 25.1. The number of amides is 1. The maximum absolute atomic E-state index is 12.2. The number of nitrogens with two attached hydrogens (primary N) is 1. The van der Waals surface area contributed by atoms with Gasteiger partial charge in [0.25, 0.3) is 5.95 Å². The van der Waals surface area contributed by atoms with E-state index in [2.05, 4.69) is 26.0 Å². The lowest BCUT2D eigenvalue weighted by Crippen LogP contribution is -2.16. The second-order valence-corrected chi connectivity index (χ2v) is 8.50. The number of nitrogen functional groups attached to an aromatic ring is 1. The number of rotatable bonds is 10. The number of hydrazone groups is 1. The van der Waals surface area contributed by atoms with Gasteiger partial charge in [-0.2, -0.15) is 5.10 Å². The summed E-state index contributed by atoms with van der Waals surface area (Å²) in [5.74, 6) is 6.97. The average Bonchev–Trinajstić information content (AvgIpc) is 3.23. The van der Waals surface area contributed by atoms with Crippen molar-refractivity contribution in [1.82, 2.24) is 14.9 Å². The largest absolute Gasteiger partial charge is 0.488 e. The molecular formula is C25H25N7O2S. The first-order chi connectivity index (χ1) is 17.1. The first kappa shape index (κ1) is 23.8. The van der Waals surface area contributed by atoms with E-state index in [9.17, 15) is 4.79 Å². The molecule has 0 spiro atoms. The summed E-state index contributed by atoms with van der Waals surface area (Å²) in [4.78, 5) is 12.2. The summed E-state index contributed by atoms with van der Waals surface area (Å²) >= 11 is 1.18. The minimum absolute atomic E-state index is 0.138. The van der Waals surface area contributed by atoms with E-state index in [0.717, 1.165) is 22.4 Å². The molecule has 1 aromatic heterocycles. The number of anilines is 2. The molecule has 0 fully saturated rings. The molecular weight excluding hydrogens is 462 g/mol. The molecule has 0 radical (unpaired) electrons. The van der Waals surface area contributed by atoms with Gasteiger partial charge in [-0.25, -0.2) is 10.1 Å². The van der Waals surface area contributed by atoms with Gasteiger partial charge in [0.1, 0.15) is 12.4 Å². The lowest BCUT2D eigenvalue weighted by Gasteiger charge is -2.09. The molecule has 0 saturated carbocycles. The van der Waals surface area contributed by atoms with Crippen LogP contribution in [0.25, 0.3) is 0 Å². The van der Waals surface area contributed by atoms with Crippen LogP contribution in [0.15, 0.2) is 89.1 Å². The van der Waals surface area contributed by atoms with Crippen molar-refractivity contribution in [2.45, 2.75) is 18.7 Å². The standard InChI is InChI=1S/C25H25N7O2S/c1-18-11-13-21(14-12-18)28-23(33)17-35-25-31-30-24(32(25)26)29-27-15-20-9-5-6-10-22(20)34-16-19-7-3-2-4-8-19/h2-15H,16-17,26H2,1H3,(H,28,33)(H,29,30)/b27-15+. The molecule has 0 aliphatic rings. The summed E-state index contributed by atoms with van der Waals surface area (Å²) in [5.41, 5.74) is 6.51. The molecule has 0 aliphatic carbocycles. The molecule has 1 heterocycles. The van der Waals surface area contributed by atoms with Crippen LogP contribution in [0.5, 0.6) is 5.75 Å². The molecule has 4 rings (SSSR count). The molecule has 1 amide bonds. The number of hydrogen-bond acceptors (Lipinski definition) is 8. The van der Waals surface area contributed by atoms with Gasteiger partial charge in [-0.1, -0.05) is 71.9 Å². The highest BCUT2D eigenvalue weighted by Crippen LogP contribution is 2.19.